The maximum atomic E-state index is 11.8. The first-order valence-corrected chi connectivity index (χ1v) is 8.98. The molecule has 2 heterocycles. The Morgan fingerprint density at radius 2 is 2.00 bits per heavy atom. The van der Waals surface area contributed by atoms with E-state index in [2.05, 4.69) is 17.6 Å². The summed E-state index contributed by atoms with van der Waals surface area (Å²) in [5, 5.41) is 6.27. The van der Waals surface area contributed by atoms with Crippen molar-refractivity contribution in [1.29, 1.82) is 0 Å². The number of halogens is 1. The second-order valence-electron chi connectivity index (χ2n) is 6.16. The second-order valence-corrected chi connectivity index (χ2v) is 8.24. The van der Waals surface area contributed by atoms with E-state index >= 15 is 0 Å². The van der Waals surface area contributed by atoms with E-state index in [9.17, 15) is 13.2 Å². The summed E-state index contributed by atoms with van der Waals surface area (Å²) in [5.41, 5.74) is 0.167. The molecule has 0 atom stereocenters. The van der Waals surface area contributed by atoms with E-state index in [1.165, 1.54) is 4.31 Å². The van der Waals surface area contributed by atoms with Crippen LogP contribution in [0.5, 0.6) is 0 Å². The van der Waals surface area contributed by atoms with E-state index in [0.29, 0.717) is 26.1 Å². The third-order valence-electron chi connectivity index (χ3n) is 4.31. The molecule has 1 amide bonds. The van der Waals surface area contributed by atoms with Crippen molar-refractivity contribution < 1.29 is 13.2 Å². The average Bonchev–Trinajstić information content (AvgIpc) is 2.74. The third kappa shape index (κ3) is 5.39. The number of piperidine rings is 1. The van der Waals surface area contributed by atoms with Gasteiger partial charge in [-0.1, -0.05) is 6.92 Å². The van der Waals surface area contributed by atoms with Crippen molar-refractivity contribution in [3.05, 3.63) is 0 Å². The van der Waals surface area contributed by atoms with Crippen LogP contribution >= 0.6 is 12.4 Å². The molecule has 8 heteroatoms. The molecule has 124 valence electrons. The van der Waals surface area contributed by atoms with Crippen LogP contribution in [-0.2, 0) is 14.8 Å². The highest BCUT2D eigenvalue weighted by molar-refractivity contribution is 7.89. The molecular formula is C13H26ClN3O3S. The minimum absolute atomic E-state index is 0. The summed E-state index contributed by atoms with van der Waals surface area (Å²) >= 11 is 0. The van der Waals surface area contributed by atoms with Crippen LogP contribution in [0.4, 0.5) is 0 Å². The lowest BCUT2D eigenvalue weighted by Gasteiger charge is -2.34. The maximum absolute atomic E-state index is 11.8. The molecular weight excluding hydrogens is 314 g/mol. The number of hydrogen-bond acceptors (Lipinski definition) is 4. The molecule has 2 aliphatic heterocycles. The first-order valence-electron chi connectivity index (χ1n) is 7.37. The van der Waals surface area contributed by atoms with Crippen LogP contribution in [-0.4, -0.2) is 57.1 Å². The van der Waals surface area contributed by atoms with Gasteiger partial charge in [-0.05, 0) is 37.8 Å². The number of rotatable bonds is 5. The van der Waals surface area contributed by atoms with Crippen LogP contribution in [0.3, 0.4) is 0 Å². The zero-order chi connectivity index (χ0) is 14.6. The quantitative estimate of drug-likeness (QED) is 0.757. The minimum Gasteiger partial charge on any atom is -0.356 e. The zero-order valence-electron chi connectivity index (χ0n) is 12.6. The van der Waals surface area contributed by atoms with Gasteiger partial charge in [-0.2, -0.15) is 0 Å². The predicted molar refractivity (Wildman–Crippen MR) is 85.1 cm³/mol. The molecule has 0 spiro atoms. The lowest BCUT2D eigenvalue weighted by Crippen LogP contribution is -2.43. The number of carbonyl (C=O) groups excluding carboxylic acids is 1. The standard InChI is InChI=1S/C13H25N3O3S.ClH/c1-13(4-6-14-7-5-13)11-15-12(17)3-9-16-8-2-10-20(16,18)19;/h14H,2-11H2,1H3,(H,15,17);1H. The van der Waals surface area contributed by atoms with Crippen LogP contribution in [0.2, 0.25) is 0 Å². The van der Waals surface area contributed by atoms with Gasteiger partial charge in [-0.15, -0.1) is 12.4 Å². The van der Waals surface area contributed by atoms with Crippen molar-refractivity contribution in [2.75, 3.05) is 38.5 Å². The highest BCUT2D eigenvalue weighted by Crippen LogP contribution is 2.26. The number of amides is 1. The number of sulfonamides is 1. The normalized spacial score (nSPS) is 24.2. The third-order valence-corrected chi connectivity index (χ3v) is 6.27. The van der Waals surface area contributed by atoms with E-state index in [1.807, 2.05) is 0 Å². The molecule has 21 heavy (non-hydrogen) atoms. The lowest BCUT2D eigenvalue weighted by molar-refractivity contribution is -0.121. The van der Waals surface area contributed by atoms with Crippen molar-refractivity contribution in [1.82, 2.24) is 14.9 Å². The largest absolute Gasteiger partial charge is 0.356 e. The molecule has 0 aromatic rings. The topological polar surface area (TPSA) is 78.5 Å². The first kappa shape index (κ1) is 18.7. The van der Waals surface area contributed by atoms with Gasteiger partial charge in [0.05, 0.1) is 5.75 Å². The molecule has 0 bridgehead atoms. The Balaban J connectivity index is 0.00000220. The molecule has 0 aromatic heterocycles. The van der Waals surface area contributed by atoms with Crippen molar-refractivity contribution in [2.24, 2.45) is 5.41 Å². The van der Waals surface area contributed by atoms with Crippen LogP contribution in [0.1, 0.15) is 32.6 Å². The second kappa shape index (κ2) is 7.76. The summed E-state index contributed by atoms with van der Waals surface area (Å²) in [7, 11) is -3.09. The van der Waals surface area contributed by atoms with Gasteiger partial charge < -0.3 is 10.6 Å². The van der Waals surface area contributed by atoms with Crippen LogP contribution in [0.15, 0.2) is 0 Å². The predicted octanol–water partition coefficient (Wildman–Crippen LogP) is 0.340. The van der Waals surface area contributed by atoms with E-state index in [-0.39, 0.29) is 35.9 Å². The Kier molecular flexibility index (Phi) is 6.90. The fraction of sp³-hybridized carbons (Fsp3) is 0.923. The molecule has 0 saturated carbocycles. The molecule has 0 unspecified atom stereocenters. The maximum Gasteiger partial charge on any atom is 0.221 e. The smallest absolute Gasteiger partial charge is 0.221 e. The Bertz CT molecular complexity index is 450. The van der Waals surface area contributed by atoms with E-state index in [0.717, 1.165) is 25.9 Å². The Morgan fingerprint density at radius 3 is 2.57 bits per heavy atom. The van der Waals surface area contributed by atoms with E-state index in [1.54, 1.807) is 0 Å². The Labute approximate surface area is 133 Å². The van der Waals surface area contributed by atoms with Gasteiger partial charge in [-0.3, -0.25) is 4.79 Å². The van der Waals surface area contributed by atoms with Crippen LogP contribution in [0.25, 0.3) is 0 Å². The van der Waals surface area contributed by atoms with Gasteiger partial charge in [0.15, 0.2) is 0 Å². The number of nitrogens with zero attached hydrogens (tertiary/aromatic N) is 1. The van der Waals surface area contributed by atoms with Gasteiger partial charge in [-0.25, -0.2) is 12.7 Å². The fourth-order valence-corrected chi connectivity index (χ4v) is 4.30. The minimum atomic E-state index is -3.09. The summed E-state index contributed by atoms with van der Waals surface area (Å²) in [6.07, 6.45) is 3.06. The molecule has 6 nitrogen and oxygen atoms in total. The molecule has 2 N–H and O–H groups in total. The molecule has 0 aliphatic carbocycles. The Morgan fingerprint density at radius 1 is 1.33 bits per heavy atom. The number of nitrogens with one attached hydrogen (secondary N) is 2. The lowest BCUT2D eigenvalue weighted by atomic mass is 9.81. The summed E-state index contributed by atoms with van der Waals surface area (Å²) in [6, 6.07) is 0. The van der Waals surface area contributed by atoms with Gasteiger partial charge >= 0.3 is 0 Å². The zero-order valence-corrected chi connectivity index (χ0v) is 14.2. The van der Waals surface area contributed by atoms with Crippen molar-refractivity contribution >= 4 is 28.3 Å². The summed E-state index contributed by atoms with van der Waals surface area (Å²) in [5.74, 6) is 0.173. The van der Waals surface area contributed by atoms with Gasteiger partial charge in [0.25, 0.3) is 0 Å². The fourth-order valence-electron chi connectivity index (χ4n) is 2.78. The van der Waals surface area contributed by atoms with E-state index < -0.39 is 10.0 Å². The van der Waals surface area contributed by atoms with Crippen LogP contribution in [0, 0.1) is 5.41 Å². The van der Waals surface area contributed by atoms with Crippen LogP contribution < -0.4 is 10.6 Å². The summed E-state index contributed by atoms with van der Waals surface area (Å²) in [6.45, 7) is 5.74. The average molecular weight is 340 g/mol. The SMILES string of the molecule is CC1(CNC(=O)CCN2CCCS2(=O)=O)CCNCC1.Cl. The highest BCUT2D eigenvalue weighted by Gasteiger charge is 2.29. The molecule has 2 fully saturated rings. The monoisotopic (exact) mass is 339 g/mol. The first-order chi connectivity index (χ1) is 9.41. The number of hydrogen-bond donors (Lipinski definition) is 2. The molecule has 2 rings (SSSR count). The van der Waals surface area contributed by atoms with Gasteiger partial charge in [0.1, 0.15) is 0 Å². The molecule has 2 aliphatic rings. The summed E-state index contributed by atoms with van der Waals surface area (Å²) < 4.78 is 24.7. The van der Waals surface area contributed by atoms with Crippen molar-refractivity contribution in [3.8, 4) is 0 Å². The molecule has 0 aromatic carbocycles. The molecule has 2 saturated heterocycles. The van der Waals surface area contributed by atoms with E-state index in [4.69, 9.17) is 0 Å². The molecule has 0 radical (unpaired) electrons. The van der Waals surface area contributed by atoms with Gasteiger partial charge in [0, 0.05) is 26.1 Å². The van der Waals surface area contributed by atoms with Crippen molar-refractivity contribution in [2.45, 2.75) is 32.6 Å². The highest BCUT2D eigenvalue weighted by atomic mass is 35.5. The summed E-state index contributed by atoms with van der Waals surface area (Å²) in [4.78, 5) is 11.8. The Hall–Kier alpha value is -0.370. The number of carbonyl (C=O) groups is 1. The van der Waals surface area contributed by atoms with Crippen molar-refractivity contribution in [3.63, 3.8) is 0 Å². The van der Waals surface area contributed by atoms with Gasteiger partial charge in [0.2, 0.25) is 15.9 Å².